The Morgan fingerprint density at radius 3 is 2.05 bits per heavy atom. The zero-order chi connectivity index (χ0) is 15.5. The Hall–Kier alpha value is -2.00. The van der Waals surface area contributed by atoms with Crippen molar-refractivity contribution < 1.29 is 0 Å². The molecule has 1 heterocycles. The lowest BCUT2D eigenvalue weighted by Crippen LogP contribution is -2.47. The van der Waals surface area contributed by atoms with E-state index in [4.69, 9.17) is 5.73 Å². The van der Waals surface area contributed by atoms with Gasteiger partial charge in [-0.1, -0.05) is 29.8 Å². The van der Waals surface area contributed by atoms with Gasteiger partial charge in [0.25, 0.3) is 0 Å². The van der Waals surface area contributed by atoms with E-state index in [-0.39, 0.29) is 0 Å². The van der Waals surface area contributed by atoms with Crippen LogP contribution in [0.2, 0.25) is 0 Å². The van der Waals surface area contributed by atoms with Crippen molar-refractivity contribution in [3.63, 3.8) is 0 Å². The van der Waals surface area contributed by atoms with E-state index in [9.17, 15) is 0 Å². The van der Waals surface area contributed by atoms with E-state index in [2.05, 4.69) is 60.0 Å². The van der Waals surface area contributed by atoms with Crippen LogP contribution in [-0.2, 0) is 0 Å². The SMILES string of the molecule is Cc1ccc(N2CCN(C(C)c3ccc(N)cc3)CC2)cc1. The Bertz CT molecular complexity index is 596. The van der Waals surface area contributed by atoms with Gasteiger partial charge in [0.05, 0.1) is 0 Å². The maximum absolute atomic E-state index is 5.78. The standard InChI is InChI=1S/C19H25N3/c1-15-3-9-19(10-4-15)22-13-11-21(12-14-22)16(2)17-5-7-18(20)8-6-17/h3-10,16H,11-14,20H2,1-2H3. The molecule has 3 nitrogen and oxygen atoms in total. The van der Waals surface area contributed by atoms with Crippen LogP contribution in [-0.4, -0.2) is 31.1 Å². The zero-order valence-electron chi connectivity index (χ0n) is 13.5. The molecule has 0 saturated carbocycles. The van der Waals surface area contributed by atoms with E-state index >= 15 is 0 Å². The predicted molar refractivity (Wildman–Crippen MR) is 94.2 cm³/mol. The van der Waals surface area contributed by atoms with Gasteiger partial charge in [0.2, 0.25) is 0 Å². The first kappa shape index (κ1) is 14.9. The molecule has 1 unspecified atom stereocenters. The van der Waals surface area contributed by atoms with Crippen LogP contribution in [0.25, 0.3) is 0 Å². The average molecular weight is 295 g/mol. The summed E-state index contributed by atoms with van der Waals surface area (Å²) in [6.07, 6.45) is 0. The fourth-order valence-corrected chi connectivity index (χ4v) is 3.11. The second kappa shape index (κ2) is 6.41. The molecule has 0 spiro atoms. The smallest absolute Gasteiger partial charge is 0.0367 e. The highest BCUT2D eigenvalue weighted by Gasteiger charge is 2.22. The first-order valence-electron chi connectivity index (χ1n) is 8.04. The molecule has 3 heteroatoms. The summed E-state index contributed by atoms with van der Waals surface area (Å²) in [5.74, 6) is 0. The molecule has 0 amide bonds. The summed E-state index contributed by atoms with van der Waals surface area (Å²) in [7, 11) is 0. The van der Waals surface area contributed by atoms with Gasteiger partial charge in [-0.25, -0.2) is 0 Å². The monoisotopic (exact) mass is 295 g/mol. The Balaban J connectivity index is 1.61. The first-order chi connectivity index (χ1) is 10.6. The molecule has 1 fully saturated rings. The van der Waals surface area contributed by atoms with Gasteiger partial charge >= 0.3 is 0 Å². The van der Waals surface area contributed by atoms with E-state index in [1.54, 1.807) is 0 Å². The molecular formula is C19H25N3. The zero-order valence-corrected chi connectivity index (χ0v) is 13.5. The third-order valence-electron chi connectivity index (χ3n) is 4.68. The normalized spacial score (nSPS) is 17.5. The highest BCUT2D eigenvalue weighted by molar-refractivity contribution is 5.48. The highest BCUT2D eigenvalue weighted by Crippen LogP contribution is 2.24. The third kappa shape index (κ3) is 3.25. The number of aryl methyl sites for hydroxylation is 1. The Morgan fingerprint density at radius 1 is 0.864 bits per heavy atom. The topological polar surface area (TPSA) is 32.5 Å². The minimum atomic E-state index is 0.445. The number of anilines is 2. The molecule has 0 aromatic heterocycles. The molecule has 0 bridgehead atoms. The van der Waals surface area contributed by atoms with Crippen LogP contribution in [0.3, 0.4) is 0 Å². The highest BCUT2D eigenvalue weighted by atomic mass is 15.3. The summed E-state index contributed by atoms with van der Waals surface area (Å²) in [5, 5.41) is 0. The second-order valence-electron chi connectivity index (χ2n) is 6.20. The van der Waals surface area contributed by atoms with Gasteiger partial charge < -0.3 is 10.6 Å². The van der Waals surface area contributed by atoms with Crippen LogP contribution < -0.4 is 10.6 Å². The molecule has 22 heavy (non-hydrogen) atoms. The number of nitrogen functional groups attached to an aromatic ring is 1. The Morgan fingerprint density at radius 2 is 1.45 bits per heavy atom. The molecule has 3 rings (SSSR count). The van der Waals surface area contributed by atoms with Crippen LogP contribution in [0.1, 0.15) is 24.1 Å². The summed E-state index contributed by atoms with van der Waals surface area (Å²) >= 11 is 0. The molecule has 1 aliphatic heterocycles. The van der Waals surface area contributed by atoms with Gasteiger partial charge in [0.1, 0.15) is 0 Å². The Labute approximate surface area is 133 Å². The van der Waals surface area contributed by atoms with Gasteiger partial charge in [0, 0.05) is 43.6 Å². The van der Waals surface area contributed by atoms with E-state index in [0.717, 1.165) is 31.9 Å². The number of piperazine rings is 1. The fourth-order valence-electron chi connectivity index (χ4n) is 3.11. The molecule has 116 valence electrons. The van der Waals surface area contributed by atoms with Gasteiger partial charge in [-0.05, 0) is 43.7 Å². The van der Waals surface area contributed by atoms with Crippen LogP contribution in [0.5, 0.6) is 0 Å². The number of hydrogen-bond donors (Lipinski definition) is 1. The molecule has 1 aliphatic rings. The van der Waals surface area contributed by atoms with Crippen molar-refractivity contribution in [2.75, 3.05) is 36.8 Å². The molecule has 2 aromatic rings. The quantitative estimate of drug-likeness (QED) is 0.880. The van der Waals surface area contributed by atoms with Gasteiger partial charge in [-0.15, -0.1) is 0 Å². The number of rotatable bonds is 3. The van der Waals surface area contributed by atoms with E-state index in [1.165, 1.54) is 16.8 Å². The third-order valence-corrected chi connectivity index (χ3v) is 4.68. The molecule has 1 saturated heterocycles. The molecule has 1 atom stereocenters. The van der Waals surface area contributed by atoms with Gasteiger partial charge in [-0.2, -0.15) is 0 Å². The van der Waals surface area contributed by atoms with Crippen molar-refractivity contribution in [1.29, 1.82) is 0 Å². The number of nitrogens with zero attached hydrogens (tertiary/aromatic N) is 2. The largest absolute Gasteiger partial charge is 0.399 e. The first-order valence-corrected chi connectivity index (χ1v) is 8.04. The van der Waals surface area contributed by atoms with E-state index < -0.39 is 0 Å². The van der Waals surface area contributed by atoms with Gasteiger partial charge in [0.15, 0.2) is 0 Å². The minimum absolute atomic E-state index is 0.445. The molecule has 0 radical (unpaired) electrons. The number of nitrogens with two attached hydrogens (primary N) is 1. The number of benzene rings is 2. The molecule has 2 aromatic carbocycles. The molecule has 0 aliphatic carbocycles. The maximum atomic E-state index is 5.78. The fraction of sp³-hybridized carbons (Fsp3) is 0.368. The molecular weight excluding hydrogens is 270 g/mol. The Kier molecular flexibility index (Phi) is 4.34. The van der Waals surface area contributed by atoms with Crippen molar-refractivity contribution in [2.24, 2.45) is 0 Å². The van der Waals surface area contributed by atoms with Crippen LogP contribution in [0.4, 0.5) is 11.4 Å². The van der Waals surface area contributed by atoms with E-state index in [0.29, 0.717) is 6.04 Å². The van der Waals surface area contributed by atoms with Crippen molar-refractivity contribution in [2.45, 2.75) is 19.9 Å². The lowest BCUT2D eigenvalue weighted by molar-refractivity contribution is 0.198. The lowest BCUT2D eigenvalue weighted by atomic mass is 10.1. The minimum Gasteiger partial charge on any atom is -0.399 e. The summed E-state index contributed by atoms with van der Waals surface area (Å²) in [6, 6.07) is 17.6. The van der Waals surface area contributed by atoms with Crippen LogP contribution >= 0.6 is 0 Å². The maximum Gasteiger partial charge on any atom is 0.0367 e. The van der Waals surface area contributed by atoms with Crippen molar-refractivity contribution >= 4 is 11.4 Å². The van der Waals surface area contributed by atoms with Gasteiger partial charge in [-0.3, -0.25) is 4.90 Å². The summed E-state index contributed by atoms with van der Waals surface area (Å²) in [6.45, 7) is 8.78. The van der Waals surface area contributed by atoms with Crippen molar-refractivity contribution in [1.82, 2.24) is 4.90 Å². The van der Waals surface area contributed by atoms with Crippen molar-refractivity contribution in [3.8, 4) is 0 Å². The average Bonchev–Trinajstić information content (AvgIpc) is 2.56. The second-order valence-corrected chi connectivity index (χ2v) is 6.20. The van der Waals surface area contributed by atoms with Crippen LogP contribution in [0, 0.1) is 6.92 Å². The van der Waals surface area contributed by atoms with E-state index in [1.807, 2.05) is 12.1 Å². The van der Waals surface area contributed by atoms with Crippen LogP contribution in [0.15, 0.2) is 48.5 Å². The summed E-state index contributed by atoms with van der Waals surface area (Å²) in [4.78, 5) is 5.03. The van der Waals surface area contributed by atoms with Crippen molar-refractivity contribution in [3.05, 3.63) is 59.7 Å². The summed E-state index contributed by atoms with van der Waals surface area (Å²) in [5.41, 5.74) is 10.6. The number of hydrogen-bond acceptors (Lipinski definition) is 3. The predicted octanol–water partition coefficient (Wildman–Crippen LogP) is 3.46. The lowest BCUT2D eigenvalue weighted by Gasteiger charge is -2.39. The summed E-state index contributed by atoms with van der Waals surface area (Å²) < 4.78 is 0. The molecule has 2 N–H and O–H groups in total.